The first-order valence-corrected chi connectivity index (χ1v) is 7.83. The first kappa shape index (κ1) is 18.8. The quantitative estimate of drug-likeness (QED) is 0.664. The van der Waals surface area contributed by atoms with Crippen molar-refractivity contribution in [2.75, 3.05) is 6.54 Å². The topological polar surface area (TPSA) is 21.3 Å². The Bertz CT molecular complexity index is 560. The molecule has 0 heterocycles. The molecule has 0 aliphatic carbocycles. The van der Waals surface area contributed by atoms with Gasteiger partial charge in [-0.3, -0.25) is 0 Å². The van der Waals surface area contributed by atoms with Crippen molar-refractivity contribution in [3.05, 3.63) is 64.7 Å². The fourth-order valence-corrected chi connectivity index (χ4v) is 2.25. The Morgan fingerprint density at radius 1 is 1.09 bits per heavy atom. The maximum absolute atomic E-state index is 6.13. The molecular formula is C18H23Cl2NO. The van der Waals surface area contributed by atoms with Crippen molar-refractivity contribution in [1.82, 2.24) is 5.32 Å². The maximum atomic E-state index is 6.13. The van der Waals surface area contributed by atoms with Crippen LogP contribution in [0.2, 0.25) is 5.02 Å². The highest BCUT2D eigenvalue weighted by atomic mass is 35.5. The van der Waals surface area contributed by atoms with E-state index >= 15 is 0 Å². The average molecular weight is 340 g/mol. The summed E-state index contributed by atoms with van der Waals surface area (Å²) in [6, 6.07) is 16.0. The van der Waals surface area contributed by atoms with E-state index in [9.17, 15) is 0 Å². The van der Waals surface area contributed by atoms with Crippen molar-refractivity contribution >= 4 is 24.0 Å². The molecule has 4 heteroatoms. The third kappa shape index (κ3) is 6.27. The first-order chi connectivity index (χ1) is 10.3. The average Bonchev–Trinajstić information content (AvgIpc) is 2.51. The van der Waals surface area contributed by atoms with E-state index < -0.39 is 0 Å². The van der Waals surface area contributed by atoms with Gasteiger partial charge >= 0.3 is 0 Å². The monoisotopic (exact) mass is 339 g/mol. The molecule has 0 amide bonds. The van der Waals surface area contributed by atoms with Crippen molar-refractivity contribution in [2.24, 2.45) is 0 Å². The van der Waals surface area contributed by atoms with Crippen LogP contribution in [0.25, 0.3) is 0 Å². The fraction of sp³-hybridized carbons (Fsp3) is 0.333. The zero-order valence-corrected chi connectivity index (χ0v) is 14.4. The summed E-state index contributed by atoms with van der Waals surface area (Å²) in [5.74, 6) is 0.879. The molecule has 0 bridgehead atoms. The molecule has 2 rings (SSSR count). The van der Waals surface area contributed by atoms with Crippen molar-refractivity contribution in [3.8, 4) is 5.75 Å². The number of ether oxygens (including phenoxy) is 1. The van der Waals surface area contributed by atoms with Crippen molar-refractivity contribution in [3.63, 3.8) is 0 Å². The summed E-state index contributed by atoms with van der Waals surface area (Å²) in [5, 5.41) is 4.18. The minimum atomic E-state index is 0. The fourth-order valence-electron chi connectivity index (χ4n) is 2.06. The molecule has 0 atom stereocenters. The van der Waals surface area contributed by atoms with Gasteiger partial charge in [0.05, 0.1) is 0 Å². The van der Waals surface area contributed by atoms with Gasteiger partial charge in [-0.15, -0.1) is 12.4 Å². The molecule has 0 saturated carbocycles. The SMILES string of the molecule is CCCCNCc1cccc(OCc2ccccc2Cl)c1.Cl. The van der Waals surface area contributed by atoms with Crippen LogP contribution in [-0.4, -0.2) is 6.54 Å². The number of nitrogens with one attached hydrogen (secondary N) is 1. The zero-order valence-electron chi connectivity index (χ0n) is 12.8. The van der Waals surface area contributed by atoms with Crippen LogP contribution in [0.3, 0.4) is 0 Å². The molecule has 120 valence electrons. The molecule has 1 N–H and O–H groups in total. The van der Waals surface area contributed by atoms with E-state index in [2.05, 4.69) is 24.4 Å². The van der Waals surface area contributed by atoms with Crippen molar-refractivity contribution in [2.45, 2.75) is 32.9 Å². The Balaban J connectivity index is 0.00000242. The Morgan fingerprint density at radius 2 is 1.91 bits per heavy atom. The van der Waals surface area contributed by atoms with Crippen molar-refractivity contribution < 1.29 is 4.74 Å². The molecule has 0 spiro atoms. The molecule has 0 radical (unpaired) electrons. The van der Waals surface area contributed by atoms with Gasteiger partial charge < -0.3 is 10.1 Å². The normalized spacial score (nSPS) is 10.1. The zero-order chi connectivity index (χ0) is 14.9. The lowest BCUT2D eigenvalue weighted by Crippen LogP contribution is -2.14. The van der Waals surface area contributed by atoms with Crippen LogP contribution in [0.4, 0.5) is 0 Å². The summed E-state index contributed by atoms with van der Waals surface area (Å²) in [4.78, 5) is 0. The lowest BCUT2D eigenvalue weighted by atomic mass is 10.2. The maximum Gasteiger partial charge on any atom is 0.120 e. The summed E-state index contributed by atoms with van der Waals surface area (Å²) in [5.41, 5.74) is 2.24. The molecule has 2 nitrogen and oxygen atoms in total. The summed E-state index contributed by atoms with van der Waals surface area (Å²) in [6.07, 6.45) is 2.43. The van der Waals surface area contributed by atoms with E-state index in [0.29, 0.717) is 6.61 Å². The van der Waals surface area contributed by atoms with Gasteiger partial charge in [-0.2, -0.15) is 0 Å². The van der Waals surface area contributed by atoms with E-state index in [1.807, 2.05) is 36.4 Å². The molecule has 22 heavy (non-hydrogen) atoms. The Labute approximate surface area is 144 Å². The lowest BCUT2D eigenvalue weighted by molar-refractivity contribution is 0.306. The predicted molar refractivity (Wildman–Crippen MR) is 96.1 cm³/mol. The van der Waals surface area contributed by atoms with Crippen LogP contribution in [0, 0.1) is 0 Å². The molecule has 2 aromatic rings. The number of benzene rings is 2. The van der Waals surface area contributed by atoms with E-state index in [4.69, 9.17) is 16.3 Å². The lowest BCUT2D eigenvalue weighted by Gasteiger charge is -2.10. The molecule has 2 aromatic carbocycles. The second-order valence-corrected chi connectivity index (χ2v) is 5.47. The number of halogens is 2. The number of unbranched alkanes of at least 4 members (excludes halogenated alkanes) is 1. The van der Waals surface area contributed by atoms with Crippen LogP contribution in [0.15, 0.2) is 48.5 Å². The van der Waals surface area contributed by atoms with E-state index in [0.717, 1.165) is 29.4 Å². The van der Waals surface area contributed by atoms with Gasteiger partial charge in [0.2, 0.25) is 0 Å². The van der Waals surface area contributed by atoms with E-state index in [-0.39, 0.29) is 12.4 Å². The van der Waals surface area contributed by atoms with Crippen LogP contribution < -0.4 is 10.1 Å². The minimum absolute atomic E-state index is 0. The molecule has 0 saturated heterocycles. The molecular weight excluding hydrogens is 317 g/mol. The van der Waals surface area contributed by atoms with Crippen LogP contribution in [-0.2, 0) is 13.2 Å². The number of hydrogen-bond donors (Lipinski definition) is 1. The van der Waals surface area contributed by atoms with Crippen LogP contribution in [0.5, 0.6) is 5.75 Å². The summed E-state index contributed by atoms with van der Waals surface area (Å²) >= 11 is 6.13. The van der Waals surface area contributed by atoms with Gasteiger partial charge in [0.25, 0.3) is 0 Å². The third-order valence-electron chi connectivity index (χ3n) is 3.29. The summed E-state index contributed by atoms with van der Waals surface area (Å²) in [7, 11) is 0. The first-order valence-electron chi connectivity index (χ1n) is 7.45. The predicted octanol–water partition coefficient (Wildman–Crippen LogP) is 5.23. The van der Waals surface area contributed by atoms with Gasteiger partial charge in [-0.1, -0.05) is 55.3 Å². The van der Waals surface area contributed by atoms with Gasteiger partial charge in [0.1, 0.15) is 12.4 Å². The van der Waals surface area contributed by atoms with Gasteiger partial charge in [-0.25, -0.2) is 0 Å². The van der Waals surface area contributed by atoms with Crippen LogP contribution >= 0.6 is 24.0 Å². The Morgan fingerprint density at radius 3 is 2.68 bits per heavy atom. The van der Waals surface area contributed by atoms with Crippen LogP contribution in [0.1, 0.15) is 30.9 Å². The molecule has 0 aliphatic rings. The summed E-state index contributed by atoms with van der Waals surface area (Å²) < 4.78 is 5.83. The molecule has 0 unspecified atom stereocenters. The second-order valence-electron chi connectivity index (χ2n) is 5.06. The largest absolute Gasteiger partial charge is 0.489 e. The third-order valence-corrected chi connectivity index (χ3v) is 3.66. The summed E-state index contributed by atoms with van der Waals surface area (Å²) in [6.45, 7) is 4.63. The number of hydrogen-bond acceptors (Lipinski definition) is 2. The van der Waals surface area contributed by atoms with Crippen molar-refractivity contribution in [1.29, 1.82) is 0 Å². The molecule has 0 aliphatic heterocycles. The molecule has 0 fully saturated rings. The number of rotatable bonds is 8. The van der Waals surface area contributed by atoms with Gasteiger partial charge in [0, 0.05) is 17.1 Å². The highest BCUT2D eigenvalue weighted by molar-refractivity contribution is 6.31. The minimum Gasteiger partial charge on any atom is -0.489 e. The Kier molecular flexibility index (Phi) is 8.98. The second kappa shape index (κ2) is 10.5. The van der Waals surface area contributed by atoms with E-state index in [1.54, 1.807) is 0 Å². The highest BCUT2D eigenvalue weighted by Gasteiger charge is 2.01. The Hall–Kier alpha value is -1.22. The standard InChI is InChI=1S/C18H22ClNO.ClH/c1-2-3-11-20-13-15-7-6-9-17(12-15)21-14-16-8-4-5-10-18(16)19;/h4-10,12,20H,2-3,11,13-14H2,1H3;1H. The highest BCUT2D eigenvalue weighted by Crippen LogP contribution is 2.19. The van der Waals surface area contributed by atoms with Gasteiger partial charge in [-0.05, 0) is 36.7 Å². The molecule has 0 aromatic heterocycles. The van der Waals surface area contributed by atoms with E-state index in [1.165, 1.54) is 18.4 Å². The van der Waals surface area contributed by atoms with Gasteiger partial charge in [0.15, 0.2) is 0 Å². The smallest absolute Gasteiger partial charge is 0.120 e.